The van der Waals surface area contributed by atoms with Crippen LogP contribution < -0.4 is 11.1 Å². The van der Waals surface area contributed by atoms with E-state index in [1.54, 1.807) is 32.4 Å². The second-order valence-corrected chi connectivity index (χ2v) is 4.21. The minimum atomic E-state index is -0.0430. The van der Waals surface area contributed by atoms with Gasteiger partial charge in [0.15, 0.2) is 0 Å². The van der Waals surface area contributed by atoms with Crippen molar-refractivity contribution in [3.05, 3.63) is 28.8 Å². The Labute approximate surface area is 112 Å². The number of benzene rings is 1. The molecule has 0 aliphatic heterocycles. The first-order valence-electron chi connectivity index (χ1n) is 5.48. The fourth-order valence-corrected chi connectivity index (χ4v) is 1.69. The Bertz CT molecular complexity index is 412. The van der Waals surface area contributed by atoms with Crippen LogP contribution in [0.3, 0.4) is 0 Å². The van der Waals surface area contributed by atoms with Crippen molar-refractivity contribution in [1.82, 2.24) is 0 Å². The zero-order chi connectivity index (χ0) is 13.5. The van der Waals surface area contributed by atoms with Gasteiger partial charge in [0.2, 0.25) is 0 Å². The first kappa shape index (κ1) is 14.8. The van der Waals surface area contributed by atoms with Crippen LogP contribution in [0, 0.1) is 5.41 Å². The number of hydrogen-bond donors (Lipinski definition) is 3. The molecule has 0 radical (unpaired) electrons. The number of nitrogens with two attached hydrogens (primary N) is 1. The molecule has 0 aromatic heterocycles. The van der Waals surface area contributed by atoms with Crippen LogP contribution in [0.2, 0.25) is 5.02 Å². The maximum atomic E-state index is 7.32. The number of amidine groups is 1. The number of hydrogen-bond acceptors (Lipinski definition) is 4. The van der Waals surface area contributed by atoms with Gasteiger partial charge in [-0.05, 0) is 18.2 Å². The summed E-state index contributed by atoms with van der Waals surface area (Å²) in [4.78, 5) is 0. The van der Waals surface area contributed by atoms with Crippen LogP contribution in [0.5, 0.6) is 0 Å². The van der Waals surface area contributed by atoms with Crippen molar-refractivity contribution in [2.24, 2.45) is 5.73 Å². The summed E-state index contributed by atoms with van der Waals surface area (Å²) in [6.45, 7) is 1.09. The molecule has 0 bridgehead atoms. The highest BCUT2D eigenvalue weighted by Gasteiger charge is 2.08. The molecule has 0 spiro atoms. The molecule has 6 heteroatoms. The third kappa shape index (κ3) is 4.18. The second-order valence-electron chi connectivity index (χ2n) is 3.80. The van der Waals surface area contributed by atoms with E-state index in [0.717, 1.165) is 5.69 Å². The number of methoxy groups -OCH3 is 2. The van der Waals surface area contributed by atoms with Crippen molar-refractivity contribution in [3.8, 4) is 0 Å². The molecule has 0 amide bonds. The number of anilines is 1. The standard InChI is InChI=1S/C12H18ClN3O2/c1-17-7-9(18-2)6-16-11-4-3-8(12(14)15)5-10(11)13/h3-5,9,16H,6-7H2,1-2H3,(H3,14,15). The van der Waals surface area contributed by atoms with E-state index in [-0.39, 0.29) is 11.9 Å². The van der Waals surface area contributed by atoms with Crippen LogP contribution in [0.15, 0.2) is 18.2 Å². The summed E-state index contributed by atoms with van der Waals surface area (Å²) < 4.78 is 10.3. The van der Waals surface area contributed by atoms with E-state index >= 15 is 0 Å². The maximum Gasteiger partial charge on any atom is 0.122 e. The summed E-state index contributed by atoms with van der Waals surface area (Å²) in [5.74, 6) is -0.00222. The van der Waals surface area contributed by atoms with Gasteiger partial charge in [0.05, 0.1) is 23.4 Å². The van der Waals surface area contributed by atoms with Gasteiger partial charge in [-0.3, -0.25) is 5.41 Å². The third-order valence-corrected chi connectivity index (χ3v) is 2.80. The van der Waals surface area contributed by atoms with Crippen LogP contribution in [0.25, 0.3) is 0 Å². The second kappa shape index (κ2) is 7.20. The van der Waals surface area contributed by atoms with Gasteiger partial charge in [-0.2, -0.15) is 0 Å². The summed E-state index contributed by atoms with van der Waals surface area (Å²) in [6, 6.07) is 5.19. The van der Waals surface area contributed by atoms with E-state index < -0.39 is 0 Å². The molecule has 1 rings (SSSR count). The van der Waals surface area contributed by atoms with E-state index in [1.807, 2.05) is 0 Å². The number of nitrogen functional groups attached to an aromatic ring is 1. The SMILES string of the molecule is COCC(CNc1ccc(C(=N)N)cc1Cl)OC. The average molecular weight is 272 g/mol. The molecular formula is C12H18ClN3O2. The number of ether oxygens (including phenoxy) is 2. The molecule has 0 aliphatic rings. The third-order valence-electron chi connectivity index (χ3n) is 2.49. The molecule has 18 heavy (non-hydrogen) atoms. The Morgan fingerprint density at radius 3 is 2.72 bits per heavy atom. The van der Waals surface area contributed by atoms with E-state index in [9.17, 15) is 0 Å². The van der Waals surface area contributed by atoms with Gasteiger partial charge in [0, 0.05) is 26.3 Å². The molecular weight excluding hydrogens is 254 g/mol. The Kier molecular flexibility index (Phi) is 5.91. The predicted molar refractivity (Wildman–Crippen MR) is 73.6 cm³/mol. The Hall–Kier alpha value is -1.30. The highest BCUT2D eigenvalue weighted by atomic mass is 35.5. The van der Waals surface area contributed by atoms with Gasteiger partial charge in [-0.1, -0.05) is 11.6 Å². The Morgan fingerprint density at radius 1 is 1.50 bits per heavy atom. The molecule has 5 nitrogen and oxygen atoms in total. The molecule has 0 heterocycles. The topological polar surface area (TPSA) is 80.4 Å². The lowest BCUT2D eigenvalue weighted by Gasteiger charge is -2.16. The molecule has 0 aliphatic carbocycles. The van der Waals surface area contributed by atoms with E-state index in [2.05, 4.69) is 5.32 Å². The van der Waals surface area contributed by atoms with E-state index in [1.165, 1.54) is 0 Å². The van der Waals surface area contributed by atoms with Gasteiger partial charge in [0.1, 0.15) is 5.84 Å². The first-order valence-corrected chi connectivity index (χ1v) is 5.85. The Morgan fingerprint density at radius 2 is 2.22 bits per heavy atom. The molecule has 1 aromatic carbocycles. The highest BCUT2D eigenvalue weighted by Crippen LogP contribution is 2.22. The van der Waals surface area contributed by atoms with Crippen molar-refractivity contribution < 1.29 is 9.47 Å². The van der Waals surface area contributed by atoms with Gasteiger partial charge >= 0.3 is 0 Å². The number of nitrogens with one attached hydrogen (secondary N) is 2. The lowest BCUT2D eigenvalue weighted by atomic mass is 10.2. The molecule has 100 valence electrons. The first-order chi connectivity index (χ1) is 8.58. The molecule has 1 aromatic rings. The monoisotopic (exact) mass is 271 g/mol. The quantitative estimate of drug-likeness (QED) is 0.521. The molecule has 0 saturated heterocycles. The summed E-state index contributed by atoms with van der Waals surface area (Å²) in [6.07, 6.45) is -0.0430. The summed E-state index contributed by atoms with van der Waals surface area (Å²) in [5, 5.41) is 11.0. The zero-order valence-electron chi connectivity index (χ0n) is 10.5. The van der Waals surface area contributed by atoms with E-state index in [0.29, 0.717) is 23.7 Å². The minimum absolute atomic E-state index is 0.00222. The van der Waals surface area contributed by atoms with Gasteiger partial charge < -0.3 is 20.5 Å². The smallest absolute Gasteiger partial charge is 0.122 e. The number of rotatable bonds is 7. The summed E-state index contributed by atoms with van der Waals surface area (Å²) >= 11 is 6.09. The maximum absolute atomic E-state index is 7.32. The summed E-state index contributed by atoms with van der Waals surface area (Å²) in [5.41, 5.74) is 6.76. The number of halogens is 1. The van der Waals surface area contributed by atoms with Gasteiger partial charge in [-0.25, -0.2) is 0 Å². The molecule has 1 unspecified atom stereocenters. The van der Waals surface area contributed by atoms with Gasteiger partial charge in [-0.15, -0.1) is 0 Å². The normalized spacial score (nSPS) is 12.2. The van der Waals surface area contributed by atoms with Gasteiger partial charge in [0.25, 0.3) is 0 Å². The lowest BCUT2D eigenvalue weighted by Crippen LogP contribution is -2.26. The Balaban J connectivity index is 2.65. The van der Waals surface area contributed by atoms with Crippen molar-refractivity contribution in [3.63, 3.8) is 0 Å². The van der Waals surface area contributed by atoms with Crippen LogP contribution in [0.4, 0.5) is 5.69 Å². The van der Waals surface area contributed by atoms with Crippen LogP contribution in [-0.4, -0.2) is 39.3 Å². The van der Waals surface area contributed by atoms with Crippen LogP contribution in [0.1, 0.15) is 5.56 Å². The molecule has 0 fully saturated rings. The minimum Gasteiger partial charge on any atom is -0.384 e. The van der Waals surface area contributed by atoms with Crippen molar-refractivity contribution >= 4 is 23.1 Å². The predicted octanol–water partition coefficient (Wildman–Crippen LogP) is 1.70. The molecule has 1 atom stereocenters. The van der Waals surface area contributed by atoms with Crippen LogP contribution in [-0.2, 0) is 9.47 Å². The van der Waals surface area contributed by atoms with Crippen molar-refractivity contribution in [2.75, 3.05) is 32.7 Å². The fraction of sp³-hybridized carbons (Fsp3) is 0.417. The zero-order valence-corrected chi connectivity index (χ0v) is 11.3. The highest BCUT2D eigenvalue weighted by molar-refractivity contribution is 6.33. The fourth-order valence-electron chi connectivity index (χ4n) is 1.45. The van der Waals surface area contributed by atoms with E-state index in [4.69, 9.17) is 32.2 Å². The van der Waals surface area contributed by atoms with Crippen molar-refractivity contribution in [1.29, 1.82) is 5.41 Å². The lowest BCUT2D eigenvalue weighted by molar-refractivity contribution is 0.0365. The molecule has 4 N–H and O–H groups in total. The summed E-state index contributed by atoms with van der Waals surface area (Å²) in [7, 11) is 3.26. The largest absolute Gasteiger partial charge is 0.384 e. The van der Waals surface area contributed by atoms with Crippen LogP contribution >= 0.6 is 11.6 Å². The van der Waals surface area contributed by atoms with Crippen molar-refractivity contribution in [2.45, 2.75) is 6.10 Å². The average Bonchev–Trinajstić information content (AvgIpc) is 2.35. The molecule has 0 saturated carbocycles.